The minimum atomic E-state index is -3.31. The fourth-order valence-corrected chi connectivity index (χ4v) is 4.65. The van der Waals surface area contributed by atoms with E-state index in [4.69, 9.17) is 4.74 Å². The molecule has 0 unspecified atom stereocenters. The summed E-state index contributed by atoms with van der Waals surface area (Å²) in [5, 5.41) is 2.97. The van der Waals surface area contributed by atoms with Crippen LogP contribution in [-0.2, 0) is 19.4 Å². The molecular weight excluding hydrogens is 392 g/mol. The Morgan fingerprint density at radius 2 is 2.19 bits per heavy atom. The van der Waals surface area contributed by atoms with Gasteiger partial charge in [-0.2, -0.15) is 0 Å². The van der Waals surface area contributed by atoms with Crippen molar-refractivity contribution in [3.63, 3.8) is 0 Å². The first kappa shape index (κ1) is 19.2. The molecule has 1 aromatic carbocycles. The Kier molecular flexibility index (Phi) is 5.38. The number of carbonyl (C=O) groups excluding carboxylic acids is 3. The standard InChI is InChI=1S/C17H16N2O6S2/c1-25-13-4-2-3-11(7-13)8-14-16(21)19(17(22)26-14)9-15(20)18-12-5-6-27(23,24)10-12/h2-8,12H,9-10H2,1H3,(H,18,20)/b14-8+/t12-/m0/s1. The Balaban J connectivity index is 1.66. The van der Waals surface area contributed by atoms with Crippen molar-refractivity contribution in [2.24, 2.45) is 0 Å². The number of nitrogens with one attached hydrogen (secondary N) is 1. The molecule has 0 radical (unpaired) electrons. The van der Waals surface area contributed by atoms with Crippen LogP contribution in [0.3, 0.4) is 0 Å². The Bertz CT molecular complexity index is 967. The third-order valence-corrected chi connectivity index (χ3v) is 6.15. The predicted molar refractivity (Wildman–Crippen MR) is 101 cm³/mol. The summed E-state index contributed by atoms with van der Waals surface area (Å²) in [6.07, 6.45) is 2.92. The summed E-state index contributed by atoms with van der Waals surface area (Å²) in [5.74, 6) is -0.790. The quantitative estimate of drug-likeness (QED) is 0.728. The van der Waals surface area contributed by atoms with Crippen molar-refractivity contribution in [3.05, 3.63) is 46.2 Å². The van der Waals surface area contributed by atoms with Crippen LogP contribution in [0.2, 0.25) is 0 Å². The molecule has 0 aromatic heterocycles. The van der Waals surface area contributed by atoms with Crippen molar-refractivity contribution in [2.75, 3.05) is 19.4 Å². The highest BCUT2D eigenvalue weighted by Crippen LogP contribution is 2.32. The average Bonchev–Trinajstić information content (AvgIpc) is 3.08. The monoisotopic (exact) mass is 408 g/mol. The lowest BCUT2D eigenvalue weighted by molar-refractivity contribution is -0.129. The zero-order valence-corrected chi connectivity index (χ0v) is 15.9. The number of hydrogen-bond donors (Lipinski definition) is 1. The van der Waals surface area contributed by atoms with Crippen LogP contribution in [0.15, 0.2) is 40.7 Å². The van der Waals surface area contributed by atoms with Gasteiger partial charge in [0.05, 0.1) is 23.8 Å². The van der Waals surface area contributed by atoms with Crippen LogP contribution < -0.4 is 10.1 Å². The first-order chi connectivity index (χ1) is 12.8. The van der Waals surface area contributed by atoms with Crippen LogP contribution in [0, 0.1) is 0 Å². The fourth-order valence-electron chi connectivity index (χ4n) is 2.58. The van der Waals surface area contributed by atoms with E-state index in [1.165, 1.54) is 13.2 Å². The van der Waals surface area contributed by atoms with E-state index in [1.54, 1.807) is 30.3 Å². The highest BCUT2D eigenvalue weighted by molar-refractivity contribution is 8.18. The molecule has 1 fully saturated rings. The van der Waals surface area contributed by atoms with Gasteiger partial charge in [-0.3, -0.25) is 19.3 Å². The van der Waals surface area contributed by atoms with Crippen molar-refractivity contribution in [1.29, 1.82) is 0 Å². The van der Waals surface area contributed by atoms with Crippen LogP contribution in [0.5, 0.6) is 5.75 Å². The van der Waals surface area contributed by atoms with Crippen LogP contribution in [0.25, 0.3) is 6.08 Å². The van der Waals surface area contributed by atoms with E-state index < -0.39 is 39.5 Å². The Morgan fingerprint density at radius 3 is 2.85 bits per heavy atom. The summed E-state index contributed by atoms with van der Waals surface area (Å²) in [7, 11) is -1.78. The Hall–Kier alpha value is -2.59. The topological polar surface area (TPSA) is 110 Å². The van der Waals surface area contributed by atoms with Gasteiger partial charge in [-0.1, -0.05) is 12.1 Å². The molecule has 2 heterocycles. The van der Waals surface area contributed by atoms with Crippen LogP contribution >= 0.6 is 11.8 Å². The van der Waals surface area contributed by atoms with Crippen LogP contribution in [0.1, 0.15) is 5.56 Å². The van der Waals surface area contributed by atoms with Gasteiger partial charge in [0, 0.05) is 5.41 Å². The number of imide groups is 1. The van der Waals surface area contributed by atoms with Crippen molar-refractivity contribution in [2.45, 2.75) is 6.04 Å². The van der Waals surface area contributed by atoms with E-state index in [0.717, 1.165) is 22.1 Å². The molecule has 1 N–H and O–H groups in total. The lowest BCUT2D eigenvalue weighted by Crippen LogP contribution is -2.43. The number of hydrogen-bond acceptors (Lipinski definition) is 7. The second kappa shape index (κ2) is 7.57. The second-order valence-corrected chi connectivity index (χ2v) is 8.80. The van der Waals surface area contributed by atoms with Crippen LogP contribution in [0.4, 0.5) is 4.79 Å². The minimum Gasteiger partial charge on any atom is -0.497 e. The zero-order chi connectivity index (χ0) is 19.6. The van der Waals surface area contributed by atoms with E-state index in [1.807, 2.05) is 0 Å². The predicted octanol–water partition coefficient (Wildman–Crippen LogP) is 1.16. The number of rotatable bonds is 5. The molecule has 1 saturated heterocycles. The van der Waals surface area contributed by atoms with Gasteiger partial charge in [0.15, 0.2) is 9.84 Å². The summed E-state index contributed by atoms with van der Waals surface area (Å²) < 4.78 is 27.8. The zero-order valence-electron chi connectivity index (χ0n) is 14.2. The number of nitrogens with zero attached hydrogens (tertiary/aromatic N) is 1. The molecule has 2 aliphatic heterocycles. The highest BCUT2D eigenvalue weighted by atomic mass is 32.2. The van der Waals surface area contributed by atoms with Crippen molar-refractivity contribution in [3.8, 4) is 5.75 Å². The van der Waals surface area contributed by atoms with E-state index in [2.05, 4.69) is 5.32 Å². The van der Waals surface area contributed by atoms with Gasteiger partial charge in [-0.15, -0.1) is 0 Å². The van der Waals surface area contributed by atoms with Crippen LogP contribution in [-0.4, -0.2) is 55.8 Å². The molecule has 3 rings (SSSR count). The first-order valence-electron chi connectivity index (χ1n) is 7.87. The number of amides is 3. The molecule has 2 aliphatic rings. The summed E-state index contributed by atoms with van der Waals surface area (Å²) in [6, 6.07) is 6.33. The molecule has 27 heavy (non-hydrogen) atoms. The minimum absolute atomic E-state index is 0.199. The average molecular weight is 408 g/mol. The maximum Gasteiger partial charge on any atom is 0.294 e. The molecule has 1 atom stereocenters. The lowest BCUT2D eigenvalue weighted by Gasteiger charge is -2.14. The number of sulfone groups is 1. The second-order valence-electron chi connectivity index (χ2n) is 5.88. The fraction of sp³-hybridized carbons (Fsp3) is 0.235. The SMILES string of the molecule is COc1cccc(/C=C2/SC(=O)N(CC(=O)N[C@H]3C=CS(=O)(=O)C3)C2=O)c1. The third kappa shape index (κ3) is 4.58. The van der Waals surface area contributed by atoms with Crippen molar-refractivity contribution < 1.29 is 27.5 Å². The molecule has 0 aliphatic carbocycles. The number of benzene rings is 1. The van der Waals surface area contributed by atoms with Gasteiger partial charge >= 0.3 is 0 Å². The number of thioether (sulfide) groups is 1. The molecule has 0 spiro atoms. The summed E-state index contributed by atoms with van der Waals surface area (Å²) in [5.41, 5.74) is 0.686. The Labute approximate surface area is 160 Å². The smallest absolute Gasteiger partial charge is 0.294 e. The van der Waals surface area contributed by atoms with Gasteiger partial charge in [0.25, 0.3) is 11.1 Å². The molecule has 10 heteroatoms. The summed E-state index contributed by atoms with van der Waals surface area (Å²) in [4.78, 5) is 37.6. The largest absolute Gasteiger partial charge is 0.497 e. The van der Waals surface area contributed by atoms with Gasteiger partial charge in [0.1, 0.15) is 12.3 Å². The van der Waals surface area contributed by atoms with E-state index in [0.29, 0.717) is 11.3 Å². The van der Waals surface area contributed by atoms with E-state index >= 15 is 0 Å². The van der Waals surface area contributed by atoms with Gasteiger partial charge in [-0.25, -0.2) is 8.42 Å². The first-order valence-corrected chi connectivity index (χ1v) is 10.4. The van der Waals surface area contributed by atoms with E-state index in [-0.39, 0.29) is 10.7 Å². The van der Waals surface area contributed by atoms with Gasteiger partial charge in [-0.05, 0) is 41.6 Å². The molecule has 0 bridgehead atoms. The van der Waals surface area contributed by atoms with Gasteiger partial charge < -0.3 is 10.1 Å². The molecular formula is C17H16N2O6S2. The number of carbonyl (C=O) groups is 3. The summed E-state index contributed by atoms with van der Waals surface area (Å²) >= 11 is 0.742. The number of methoxy groups -OCH3 is 1. The number of ether oxygens (including phenoxy) is 1. The highest BCUT2D eigenvalue weighted by Gasteiger charge is 2.36. The van der Waals surface area contributed by atoms with Gasteiger partial charge in [0.2, 0.25) is 5.91 Å². The summed E-state index contributed by atoms with van der Waals surface area (Å²) in [6.45, 7) is -0.468. The van der Waals surface area contributed by atoms with Crippen molar-refractivity contribution in [1.82, 2.24) is 10.2 Å². The Morgan fingerprint density at radius 1 is 1.41 bits per heavy atom. The third-order valence-electron chi connectivity index (χ3n) is 3.84. The lowest BCUT2D eigenvalue weighted by atomic mass is 10.2. The molecule has 142 valence electrons. The maximum absolute atomic E-state index is 12.4. The molecule has 8 nitrogen and oxygen atoms in total. The van der Waals surface area contributed by atoms with E-state index in [9.17, 15) is 22.8 Å². The normalized spacial score (nSPS) is 22.5. The van der Waals surface area contributed by atoms with Crippen molar-refractivity contribution >= 4 is 44.7 Å². The molecule has 3 amide bonds. The maximum atomic E-state index is 12.4. The molecule has 1 aromatic rings. The molecule has 0 saturated carbocycles.